The molecule has 4 aromatic carbocycles. The maximum Gasteiger partial charge on any atom is 0.334 e. The van der Waals surface area contributed by atoms with Crippen LogP contribution in [-0.4, -0.2) is 23.8 Å². The predicted molar refractivity (Wildman–Crippen MR) is 141 cm³/mol. The topological polar surface area (TPSA) is 42.6 Å². The monoisotopic (exact) mass is 447 g/mol. The van der Waals surface area contributed by atoms with Crippen molar-refractivity contribution in [2.45, 2.75) is 38.9 Å². The van der Waals surface area contributed by atoms with Gasteiger partial charge in [-0.25, -0.2) is 0 Å². The van der Waals surface area contributed by atoms with Gasteiger partial charge in [0, 0.05) is 16.3 Å². The van der Waals surface area contributed by atoms with Crippen molar-refractivity contribution in [1.29, 1.82) is 0 Å². The number of rotatable bonds is 6. The molecule has 1 radical (unpaired) electrons. The van der Waals surface area contributed by atoms with E-state index in [-0.39, 0.29) is 0 Å². The second-order valence-electron chi connectivity index (χ2n) is 9.76. The first kappa shape index (κ1) is 22.5. The van der Waals surface area contributed by atoms with Gasteiger partial charge in [0.1, 0.15) is 11.2 Å². The molecule has 1 heterocycles. The van der Waals surface area contributed by atoms with Gasteiger partial charge in [0.15, 0.2) is 0 Å². The van der Waals surface area contributed by atoms with Gasteiger partial charge in [-0.2, -0.15) is 0 Å². The summed E-state index contributed by atoms with van der Waals surface area (Å²) in [5.41, 5.74) is 5.26. The van der Waals surface area contributed by atoms with Crippen LogP contribution in [-0.2, 0) is 4.65 Å². The lowest BCUT2D eigenvalue weighted by molar-refractivity contribution is -0.0893. The molecule has 0 amide bonds. The summed E-state index contributed by atoms with van der Waals surface area (Å²) in [6.45, 7) is 7.24. The molecular weight excluding hydrogens is 419 g/mol. The smallest absolute Gasteiger partial charge is 0.334 e. The van der Waals surface area contributed by atoms with Gasteiger partial charge in [-0.1, -0.05) is 91.0 Å². The first-order chi connectivity index (χ1) is 16.2. The minimum absolute atomic E-state index is 0.757. The van der Waals surface area contributed by atoms with E-state index in [0.29, 0.717) is 0 Å². The Bertz CT molecular complexity index is 1440. The minimum atomic E-state index is -0.996. The van der Waals surface area contributed by atoms with Crippen LogP contribution in [0.25, 0.3) is 44.2 Å². The van der Waals surface area contributed by atoms with Crippen molar-refractivity contribution in [2.24, 2.45) is 0 Å². The highest BCUT2D eigenvalue weighted by atomic mass is 16.5. The van der Waals surface area contributed by atoms with Crippen molar-refractivity contribution >= 4 is 34.9 Å². The summed E-state index contributed by atoms with van der Waals surface area (Å²) in [5.74, 6) is 0. The molecule has 0 atom stereocenters. The third kappa shape index (κ3) is 4.04. The van der Waals surface area contributed by atoms with Crippen LogP contribution >= 0.6 is 0 Å². The second kappa shape index (κ2) is 8.46. The molecule has 0 spiro atoms. The highest BCUT2D eigenvalue weighted by Gasteiger charge is 2.36. The van der Waals surface area contributed by atoms with Gasteiger partial charge in [0.25, 0.3) is 0 Å². The van der Waals surface area contributed by atoms with Crippen molar-refractivity contribution in [2.75, 3.05) is 0 Å². The number of para-hydroxylation sites is 2. The molecule has 0 aliphatic carbocycles. The largest absolute Gasteiger partial charge is 0.456 e. The van der Waals surface area contributed by atoms with Gasteiger partial charge in [-0.15, -0.1) is 0 Å². The van der Waals surface area contributed by atoms with Crippen LogP contribution in [0.4, 0.5) is 0 Å². The summed E-state index contributed by atoms with van der Waals surface area (Å²) < 4.78 is 12.5. The molecule has 1 N–H and O–H groups in total. The van der Waals surface area contributed by atoms with Crippen LogP contribution < -0.4 is 5.46 Å². The molecule has 3 nitrogen and oxygen atoms in total. The Hall–Kier alpha value is -3.34. The van der Waals surface area contributed by atoms with Gasteiger partial charge in [-0.05, 0) is 49.8 Å². The van der Waals surface area contributed by atoms with Gasteiger partial charge < -0.3 is 14.2 Å². The summed E-state index contributed by atoms with van der Waals surface area (Å²) >= 11 is 0. The number of hydrogen-bond acceptors (Lipinski definition) is 3. The molecule has 34 heavy (non-hydrogen) atoms. The number of aliphatic hydroxyl groups is 1. The van der Waals surface area contributed by atoms with Crippen LogP contribution in [0.3, 0.4) is 0 Å². The second-order valence-corrected chi connectivity index (χ2v) is 9.76. The summed E-state index contributed by atoms with van der Waals surface area (Å²) in [5, 5.41) is 12.5. The highest BCUT2D eigenvalue weighted by Crippen LogP contribution is 2.36. The Kier molecular flexibility index (Phi) is 5.59. The molecule has 1 aromatic heterocycles. The highest BCUT2D eigenvalue weighted by molar-refractivity contribution is 6.51. The Labute approximate surface area is 201 Å². The first-order valence-electron chi connectivity index (χ1n) is 11.6. The molecule has 169 valence electrons. The standard InChI is InChI=1S/C30H28BO3/c1-29(2,32)30(3,4)34-31-26-15-9-14-25-24-13-8-12-23(27(24)33-28(25)26)22-18-16-21(17-19-22)20-10-6-5-7-11-20/h5-19,32H,1-4H3. The first-order valence-corrected chi connectivity index (χ1v) is 11.6. The van der Waals surface area contributed by atoms with E-state index in [4.69, 9.17) is 9.07 Å². The SMILES string of the molecule is CC(C)(O)C(C)(C)O[B]c1cccc2c1oc1c(-c3ccc(-c4ccccc4)cc3)cccc12. The van der Waals surface area contributed by atoms with Crippen LogP contribution in [0.5, 0.6) is 0 Å². The fourth-order valence-corrected chi connectivity index (χ4v) is 3.99. The normalized spacial score (nSPS) is 12.4. The van der Waals surface area contributed by atoms with Crippen LogP contribution in [0.15, 0.2) is 95.4 Å². The summed E-state index contributed by atoms with van der Waals surface area (Å²) in [6, 6.07) is 31.3. The van der Waals surface area contributed by atoms with Gasteiger partial charge in [-0.3, -0.25) is 0 Å². The maximum atomic E-state index is 10.4. The van der Waals surface area contributed by atoms with Crippen molar-refractivity contribution in [3.63, 3.8) is 0 Å². The molecule has 0 saturated carbocycles. The lowest BCUT2D eigenvalue weighted by atomic mass is 9.82. The molecule has 4 heteroatoms. The molecule has 5 rings (SSSR count). The summed E-state index contributed by atoms with van der Waals surface area (Å²) in [4.78, 5) is 0. The van der Waals surface area contributed by atoms with Crippen LogP contribution in [0, 0.1) is 0 Å². The number of furan rings is 1. The Morgan fingerprint density at radius 3 is 1.91 bits per heavy atom. The predicted octanol–water partition coefficient (Wildman–Crippen LogP) is 6.73. The van der Waals surface area contributed by atoms with Gasteiger partial charge >= 0.3 is 7.48 Å². The van der Waals surface area contributed by atoms with E-state index in [0.717, 1.165) is 38.5 Å². The quantitative estimate of drug-likeness (QED) is 0.294. The van der Waals surface area contributed by atoms with Crippen LogP contribution in [0.2, 0.25) is 0 Å². The van der Waals surface area contributed by atoms with E-state index in [2.05, 4.69) is 72.8 Å². The average Bonchev–Trinajstić information content (AvgIpc) is 3.22. The number of fused-ring (bicyclic) bond motifs is 3. The Morgan fingerprint density at radius 1 is 0.647 bits per heavy atom. The van der Waals surface area contributed by atoms with E-state index in [1.54, 1.807) is 21.3 Å². The fraction of sp³-hybridized carbons (Fsp3) is 0.200. The Morgan fingerprint density at radius 2 is 1.24 bits per heavy atom. The zero-order chi connectivity index (χ0) is 23.9. The molecule has 5 aromatic rings. The third-order valence-corrected chi connectivity index (χ3v) is 6.81. The van der Waals surface area contributed by atoms with Crippen molar-refractivity contribution in [1.82, 2.24) is 0 Å². The minimum Gasteiger partial charge on any atom is -0.456 e. The van der Waals surface area contributed by atoms with Crippen LogP contribution in [0.1, 0.15) is 27.7 Å². The third-order valence-electron chi connectivity index (χ3n) is 6.81. The zero-order valence-corrected chi connectivity index (χ0v) is 20.0. The van der Waals surface area contributed by atoms with E-state index >= 15 is 0 Å². The molecule has 0 saturated heterocycles. The fourth-order valence-electron chi connectivity index (χ4n) is 3.99. The van der Waals surface area contributed by atoms with E-state index < -0.39 is 11.2 Å². The van der Waals surface area contributed by atoms with Crippen molar-refractivity contribution in [3.05, 3.63) is 91.0 Å². The van der Waals surface area contributed by atoms with Gasteiger partial charge in [0.05, 0.1) is 11.2 Å². The molecule has 0 aliphatic rings. The molecule has 0 unspecified atom stereocenters. The van der Waals surface area contributed by atoms with E-state index in [1.807, 2.05) is 32.0 Å². The lowest BCUT2D eigenvalue weighted by Crippen LogP contribution is -2.49. The number of hydrogen-bond donors (Lipinski definition) is 1. The molecular formula is C30H28BO3. The average molecular weight is 447 g/mol. The zero-order valence-electron chi connectivity index (χ0n) is 20.0. The molecule has 0 aliphatic heterocycles. The van der Waals surface area contributed by atoms with Crippen molar-refractivity contribution in [3.8, 4) is 22.3 Å². The summed E-state index contributed by atoms with van der Waals surface area (Å²) in [7, 11) is 1.69. The Balaban J connectivity index is 1.54. The summed E-state index contributed by atoms with van der Waals surface area (Å²) in [6.07, 6.45) is 0. The van der Waals surface area contributed by atoms with E-state index in [9.17, 15) is 5.11 Å². The molecule has 0 fully saturated rings. The van der Waals surface area contributed by atoms with E-state index in [1.165, 1.54) is 11.1 Å². The van der Waals surface area contributed by atoms with Crippen molar-refractivity contribution < 1.29 is 14.2 Å². The van der Waals surface area contributed by atoms with Gasteiger partial charge in [0.2, 0.25) is 0 Å². The molecule has 0 bridgehead atoms. The lowest BCUT2D eigenvalue weighted by Gasteiger charge is -2.37. The maximum absolute atomic E-state index is 10.4. The number of benzene rings is 4.